The number of hydrogen-bond acceptors (Lipinski definition) is 6. The maximum atomic E-state index is 11.4. The molecule has 0 spiro atoms. The van der Waals surface area contributed by atoms with Crippen molar-refractivity contribution in [1.29, 1.82) is 0 Å². The second-order valence-electron chi connectivity index (χ2n) is 14.5. The normalized spacial score (nSPS) is 35.2. The van der Waals surface area contributed by atoms with E-state index in [0.29, 0.717) is 24.5 Å². The van der Waals surface area contributed by atoms with Gasteiger partial charge in [0.05, 0.1) is 32.5 Å². The Kier molecular flexibility index (Phi) is 12.0. The number of methoxy groups -OCH3 is 1. The highest BCUT2D eigenvalue weighted by Crippen LogP contribution is 2.65. The Labute approximate surface area is 286 Å². The molecule has 0 radical (unpaired) electrons. The zero-order valence-electron chi connectivity index (χ0n) is 27.6. The van der Waals surface area contributed by atoms with E-state index < -0.39 is 0 Å². The van der Waals surface area contributed by atoms with Crippen molar-refractivity contribution < 1.29 is 19.3 Å². The van der Waals surface area contributed by atoms with Crippen molar-refractivity contribution in [3.63, 3.8) is 0 Å². The number of benzene rings is 1. The lowest BCUT2D eigenvalue weighted by molar-refractivity contribution is -0.198. The van der Waals surface area contributed by atoms with Gasteiger partial charge in [-0.3, -0.25) is 9.80 Å². The molecule has 6 nitrogen and oxygen atoms in total. The van der Waals surface area contributed by atoms with Crippen molar-refractivity contribution in [3.05, 3.63) is 52.1 Å². The van der Waals surface area contributed by atoms with Crippen molar-refractivity contribution in [3.8, 4) is 5.75 Å². The summed E-state index contributed by atoms with van der Waals surface area (Å²) in [6.45, 7) is 4.81. The van der Waals surface area contributed by atoms with Crippen LogP contribution in [0.1, 0.15) is 95.5 Å². The fourth-order valence-corrected chi connectivity index (χ4v) is 10.6. The molecule has 1 N–H and O–H groups in total. The van der Waals surface area contributed by atoms with E-state index in [-0.39, 0.29) is 29.9 Å². The molecule has 0 aromatic heterocycles. The molecule has 4 aliphatic heterocycles. The summed E-state index contributed by atoms with van der Waals surface area (Å²) in [7, 11) is 1.71. The van der Waals surface area contributed by atoms with Crippen molar-refractivity contribution in [2.75, 3.05) is 40.0 Å². The zero-order valence-corrected chi connectivity index (χ0v) is 29.7. The standard InChI is InChI=1S/C38H57IN2O4/c1-43-32-18-16-30(17-19-32)28-44-34(27-42)38-33-20-24-40-23-14-10-5-3-2-4-8-12-21-37(36(38)40)25-31(33)26-41(38)35(45-29-37)15-11-7-6-9-13-22-39/h6-7,13,16-19,22,31,33-36,42H,2-5,8-12,14-15,20-21,23-29H2,1H3/b7-6-,22-13-/t31-,33-,34+,35?,36-,37+,38+/m0/s1. The van der Waals surface area contributed by atoms with Gasteiger partial charge in [0, 0.05) is 18.0 Å². The number of ether oxygens (including phenoxy) is 3. The average molecular weight is 733 g/mol. The first-order valence-corrected chi connectivity index (χ1v) is 19.3. The van der Waals surface area contributed by atoms with Gasteiger partial charge in [0.25, 0.3) is 0 Å². The van der Waals surface area contributed by atoms with Gasteiger partial charge in [-0.05, 0) is 91.7 Å². The van der Waals surface area contributed by atoms with E-state index in [2.05, 4.69) is 66.8 Å². The number of allylic oxidation sites excluding steroid dienone is 3. The third-order valence-corrected chi connectivity index (χ3v) is 12.6. The zero-order chi connectivity index (χ0) is 31.1. The molecule has 5 aliphatic rings. The Morgan fingerprint density at radius 1 is 1.02 bits per heavy atom. The maximum absolute atomic E-state index is 11.4. The minimum atomic E-state index is -0.258. The number of nitrogens with zero attached hydrogens (tertiary/aromatic N) is 2. The molecule has 250 valence electrons. The molecular formula is C38H57IN2O4. The lowest BCUT2D eigenvalue weighted by Crippen LogP contribution is -2.77. The van der Waals surface area contributed by atoms with Crippen molar-refractivity contribution in [1.82, 2.24) is 9.80 Å². The fraction of sp³-hybridized carbons (Fsp3) is 0.737. The highest BCUT2D eigenvalue weighted by Gasteiger charge is 2.74. The molecule has 1 unspecified atom stereocenters. The van der Waals surface area contributed by atoms with Gasteiger partial charge in [-0.2, -0.15) is 0 Å². The molecule has 0 amide bonds. The maximum Gasteiger partial charge on any atom is 0.118 e. The van der Waals surface area contributed by atoms with Crippen LogP contribution in [-0.2, 0) is 16.1 Å². The van der Waals surface area contributed by atoms with Crippen molar-refractivity contribution in [2.24, 2.45) is 17.3 Å². The van der Waals surface area contributed by atoms with E-state index in [0.717, 1.165) is 50.3 Å². The monoisotopic (exact) mass is 732 g/mol. The van der Waals surface area contributed by atoms with Crippen LogP contribution in [0.3, 0.4) is 0 Å². The van der Waals surface area contributed by atoms with Gasteiger partial charge in [-0.25, -0.2) is 0 Å². The quantitative estimate of drug-likeness (QED) is 0.185. The van der Waals surface area contributed by atoms with Crippen LogP contribution in [0.4, 0.5) is 0 Å². The number of halogens is 1. The van der Waals surface area contributed by atoms with Gasteiger partial charge in [0.1, 0.15) is 18.1 Å². The van der Waals surface area contributed by atoms with Crippen LogP contribution >= 0.6 is 22.6 Å². The topological polar surface area (TPSA) is 54.4 Å². The van der Waals surface area contributed by atoms with Gasteiger partial charge >= 0.3 is 0 Å². The van der Waals surface area contributed by atoms with Crippen molar-refractivity contribution >= 4 is 22.6 Å². The molecule has 1 aromatic rings. The van der Waals surface area contributed by atoms with Crippen LogP contribution in [0, 0.1) is 17.3 Å². The SMILES string of the molecule is COc1ccc(CO[C@H](CO)[C@@]23[C@H]4CCN5CCCCCCCCCC[C@@]6(COC(CC/C=C\C/C=C\I)N2C[C@@H]4C6)[C@H]53)cc1. The summed E-state index contributed by atoms with van der Waals surface area (Å²) < 4.78 is 21.6. The van der Waals surface area contributed by atoms with Crippen LogP contribution in [0.15, 0.2) is 46.6 Å². The lowest BCUT2D eigenvalue weighted by Gasteiger charge is -2.65. The number of hydrogen-bond donors (Lipinski definition) is 1. The smallest absolute Gasteiger partial charge is 0.118 e. The van der Waals surface area contributed by atoms with E-state index >= 15 is 0 Å². The molecule has 45 heavy (non-hydrogen) atoms. The van der Waals surface area contributed by atoms with Crippen LogP contribution < -0.4 is 4.74 Å². The average Bonchev–Trinajstić information content (AvgIpc) is 3.26. The largest absolute Gasteiger partial charge is 0.497 e. The second kappa shape index (κ2) is 16.0. The van der Waals surface area contributed by atoms with Gasteiger partial charge < -0.3 is 19.3 Å². The predicted molar refractivity (Wildman–Crippen MR) is 190 cm³/mol. The third-order valence-electron chi connectivity index (χ3n) is 12.1. The summed E-state index contributed by atoms with van der Waals surface area (Å²) in [4.78, 5) is 5.67. The Balaban J connectivity index is 1.37. The molecule has 6 rings (SSSR count). The summed E-state index contributed by atoms with van der Waals surface area (Å²) in [5, 5.41) is 11.4. The Morgan fingerprint density at radius 3 is 2.56 bits per heavy atom. The molecular weight excluding hydrogens is 675 g/mol. The summed E-state index contributed by atoms with van der Waals surface area (Å²) in [5.41, 5.74) is 0.997. The molecule has 5 fully saturated rings. The van der Waals surface area contributed by atoms with E-state index in [1.54, 1.807) is 7.11 Å². The second-order valence-corrected chi connectivity index (χ2v) is 15.2. The predicted octanol–water partition coefficient (Wildman–Crippen LogP) is 7.88. The highest BCUT2D eigenvalue weighted by molar-refractivity contribution is 14.1. The molecule has 1 saturated carbocycles. The van der Waals surface area contributed by atoms with Crippen LogP contribution in [0.25, 0.3) is 0 Å². The van der Waals surface area contributed by atoms with E-state index in [9.17, 15) is 5.11 Å². The Hall–Kier alpha value is -0.970. The summed E-state index contributed by atoms with van der Waals surface area (Å²) in [6, 6.07) is 8.58. The first-order chi connectivity index (χ1) is 22.2. The molecule has 7 atom stereocenters. The number of aliphatic hydroxyl groups is 1. The molecule has 5 bridgehead atoms. The van der Waals surface area contributed by atoms with E-state index in [4.69, 9.17) is 14.2 Å². The minimum absolute atomic E-state index is 0.0472. The summed E-state index contributed by atoms with van der Waals surface area (Å²) in [5.74, 6) is 2.04. The van der Waals surface area contributed by atoms with Gasteiger partial charge in [0.2, 0.25) is 0 Å². The molecule has 7 heteroatoms. The molecule has 1 aliphatic carbocycles. The minimum Gasteiger partial charge on any atom is -0.497 e. The highest BCUT2D eigenvalue weighted by atomic mass is 127. The molecule has 4 heterocycles. The van der Waals surface area contributed by atoms with Crippen molar-refractivity contribution in [2.45, 2.75) is 120 Å². The van der Waals surface area contributed by atoms with E-state index in [1.165, 1.54) is 77.2 Å². The Bertz CT molecular complexity index is 1130. The molecule has 4 saturated heterocycles. The number of rotatable bonds is 11. The van der Waals surface area contributed by atoms with Gasteiger partial charge in [0.15, 0.2) is 0 Å². The number of aliphatic hydroxyl groups excluding tert-OH is 1. The van der Waals surface area contributed by atoms with Gasteiger partial charge in [-0.1, -0.05) is 97.9 Å². The number of piperidine rings is 1. The van der Waals surface area contributed by atoms with Crippen LogP contribution in [0.5, 0.6) is 5.75 Å². The first-order valence-electron chi connectivity index (χ1n) is 18.0. The van der Waals surface area contributed by atoms with Crippen LogP contribution in [0.2, 0.25) is 0 Å². The van der Waals surface area contributed by atoms with E-state index in [1.807, 2.05) is 12.1 Å². The third kappa shape index (κ3) is 6.96. The summed E-state index contributed by atoms with van der Waals surface area (Å²) >= 11 is 2.29. The lowest BCUT2D eigenvalue weighted by atomic mass is 9.51. The Morgan fingerprint density at radius 2 is 1.80 bits per heavy atom. The first kappa shape index (κ1) is 33.9. The summed E-state index contributed by atoms with van der Waals surface area (Å²) in [6.07, 6.45) is 24.0. The van der Waals surface area contributed by atoms with Crippen LogP contribution in [-0.4, -0.2) is 78.8 Å². The molecule has 1 aromatic carbocycles. The fourth-order valence-electron chi connectivity index (χ4n) is 10.3. The van der Waals surface area contributed by atoms with Gasteiger partial charge in [-0.15, -0.1) is 0 Å².